The molecule has 0 aliphatic rings. The summed E-state index contributed by atoms with van der Waals surface area (Å²) in [6.45, 7) is 4.69. The second-order valence-corrected chi connectivity index (χ2v) is 7.72. The van der Waals surface area contributed by atoms with Crippen molar-refractivity contribution in [3.8, 4) is 5.75 Å². The maximum absolute atomic E-state index is 6.27. The first-order valence-corrected chi connectivity index (χ1v) is 9.36. The zero-order valence-corrected chi connectivity index (χ0v) is 16.1. The lowest BCUT2D eigenvalue weighted by molar-refractivity contribution is 0.271. The molecule has 0 bridgehead atoms. The Hall–Kier alpha value is -1.82. The van der Waals surface area contributed by atoms with E-state index in [4.69, 9.17) is 27.9 Å². The molecule has 0 atom stereocenters. The predicted octanol–water partition coefficient (Wildman–Crippen LogP) is 6.08. The summed E-state index contributed by atoms with van der Waals surface area (Å²) < 4.78 is 6.77. The van der Waals surface area contributed by atoms with Crippen LogP contribution in [-0.4, -0.2) is 17.8 Å². The van der Waals surface area contributed by atoms with E-state index in [0.717, 1.165) is 20.9 Å². The second kappa shape index (κ2) is 8.04. The van der Waals surface area contributed by atoms with Crippen molar-refractivity contribution in [2.24, 2.45) is 11.0 Å². The summed E-state index contributed by atoms with van der Waals surface area (Å²) in [6.07, 6.45) is 1.65. The first kappa shape index (κ1) is 18.0. The van der Waals surface area contributed by atoms with Crippen molar-refractivity contribution >= 4 is 56.1 Å². The van der Waals surface area contributed by atoms with Crippen LogP contribution in [-0.2, 0) is 0 Å². The fourth-order valence-electron chi connectivity index (χ4n) is 2.12. The van der Waals surface area contributed by atoms with E-state index < -0.39 is 0 Å². The monoisotopic (exact) mass is 393 g/mol. The van der Waals surface area contributed by atoms with Gasteiger partial charge in [0.15, 0.2) is 5.75 Å². The molecule has 25 heavy (non-hydrogen) atoms. The highest BCUT2D eigenvalue weighted by molar-refractivity contribution is 7.22. The van der Waals surface area contributed by atoms with Gasteiger partial charge >= 0.3 is 0 Å². The molecule has 0 aliphatic heterocycles. The minimum Gasteiger partial charge on any atom is -0.490 e. The maximum Gasteiger partial charge on any atom is 0.204 e. The summed E-state index contributed by atoms with van der Waals surface area (Å²) in [6, 6.07) is 11.5. The molecule has 0 radical (unpaired) electrons. The van der Waals surface area contributed by atoms with E-state index in [2.05, 4.69) is 29.4 Å². The number of hydrogen-bond acceptors (Lipinski definition) is 5. The standard InChI is InChI=1S/C18H17Cl2N3OS/c1-11(2)10-24-17-13(19)7-12(8-14(17)20)9-21-23-18-22-15-5-3-4-6-16(15)25-18/h3-9,11H,10H2,1-2H3,(H,22,23)/b21-9-. The van der Waals surface area contributed by atoms with Crippen LogP contribution in [0, 0.1) is 5.92 Å². The number of thiazole rings is 1. The number of anilines is 1. The van der Waals surface area contributed by atoms with Crippen molar-refractivity contribution < 1.29 is 4.74 Å². The Morgan fingerprint density at radius 3 is 2.64 bits per heavy atom. The molecule has 4 nitrogen and oxygen atoms in total. The van der Waals surface area contributed by atoms with Gasteiger partial charge in [-0.2, -0.15) is 5.10 Å². The normalized spacial score (nSPS) is 11.6. The van der Waals surface area contributed by atoms with Crippen LogP contribution in [0.2, 0.25) is 10.0 Å². The van der Waals surface area contributed by atoms with Crippen molar-refractivity contribution in [1.82, 2.24) is 4.98 Å². The highest BCUT2D eigenvalue weighted by Gasteiger charge is 2.10. The summed E-state index contributed by atoms with van der Waals surface area (Å²) in [5, 5.41) is 5.87. The van der Waals surface area contributed by atoms with Gasteiger partial charge in [0, 0.05) is 0 Å². The number of para-hydroxylation sites is 1. The van der Waals surface area contributed by atoms with E-state index in [0.29, 0.717) is 28.3 Å². The number of rotatable bonds is 6. The van der Waals surface area contributed by atoms with E-state index in [1.807, 2.05) is 24.3 Å². The topological polar surface area (TPSA) is 46.5 Å². The molecule has 0 fully saturated rings. The zero-order valence-electron chi connectivity index (χ0n) is 13.8. The van der Waals surface area contributed by atoms with E-state index in [1.165, 1.54) is 0 Å². The fraction of sp³-hybridized carbons (Fsp3) is 0.222. The lowest BCUT2D eigenvalue weighted by Crippen LogP contribution is -2.05. The number of hydrogen-bond donors (Lipinski definition) is 1. The highest BCUT2D eigenvalue weighted by Crippen LogP contribution is 2.34. The molecule has 1 aromatic heterocycles. The molecule has 0 spiro atoms. The quantitative estimate of drug-likeness (QED) is 0.407. The van der Waals surface area contributed by atoms with Crippen molar-refractivity contribution in [1.29, 1.82) is 0 Å². The van der Waals surface area contributed by atoms with Gasteiger partial charge in [-0.1, -0.05) is 60.5 Å². The summed E-state index contributed by atoms with van der Waals surface area (Å²) in [5.74, 6) is 0.902. The third-order valence-electron chi connectivity index (χ3n) is 3.25. The first-order chi connectivity index (χ1) is 12.0. The Labute approximate surface area is 160 Å². The number of ether oxygens (including phenoxy) is 1. The number of benzene rings is 2. The third kappa shape index (κ3) is 4.63. The number of halogens is 2. The SMILES string of the molecule is CC(C)COc1c(Cl)cc(/C=N\Nc2nc3ccccc3s2)cc1Cl. The zero-order chi connectivity index (χ0) is 17.8. The average molecular weight is 394 g/mol. The lowest BCUT2D eigenvalue weighted by atomic mass is 10.2. The molecule has 130 valence electrons. The minimum absolute atomic E-state index is 0.395. The number of hydrazone groups is 1. The summed E-state index contributed by atoms with van der Waals surface area (Å²) in [7, 11) is 0. The van der Waals surface area contributed by atoms with Gasteiger partial charge < -0.3 is 4.74 Å². The van der Waals surface area contributed by atoms with Gasteiger partial charge in [-0.15, -0.1) is 0 Å². The largest absolute Gasteiger partial charge is 0.490 e. The van der Waals surface area contributed by atoms with Crippen LogP contribution in [0.4, 0.5) is 5.13 Å². The molecule has 3 rings (SSSR count). The minimum atomic E-state index is 0.395. The molecule has 0 aliphatic carbocycles. The Kier molecular flexibility index (Phi) is 5.78. The van der Waals surface area contributed by atoms with Crippen LogP contribution in [0.3, 0.4) is 0 Å². The van der Waals surface area contributed by atoms with Crippen LogP contribution in [0.1, 0.15) is 19.4 Å². The van der Waals surface area contributed by atoms with Crippen LogP contribution in [0.25, 0.3) is 10.2 Å². The average Bonchev–Trinajstić information content (AvgIpc) is 2.96. The molecule has 0 saturated carbocycles. The molecule has 1 heterocycles. The van der Waals surface area contributed by atoms with E-state index in [9.17, 15) is 0 Å². The van der Waals surface area contributed by atoms with Crippen LogP contribution >= 0.6 is 34.5 Å². The lowest BCUT2D eigenvalue weighted by Gasteiger charge is -2.12. The molecule has 0 amide bonds. The van der Waals surface area contributed by atoms with Gasteiger partial charge in [-0.25, -0.2) is 4.98 Å². The Bertz CT molecular complexity index is 852. The summed E-state index contributed by atoms with van der Waals surface area (Å²) >= 11 is 14.1. The van der Waals surface area contributed by atoms with Crippen molar-refractivity contribution in [3.05, 3.63) is 52.0 Å². The number of nitrogens with zero attached hydrogens (tertiary/aromatic N) is 2. The van der Waals surface area contributed by atoms with Gasteiger partial charge in [0.1, 0.15) is 0 Å². The van der Waals surface area contributed by atoms with Crippen molar-refractivity contribution in [3.63, 3.8) is 0 Å². The molecule has 3 aromatic rings. The second-order valence-electron chi connectivity index (χ2n) is 5.88. The van der Waals surface area contributed by atoms with Gasteiger partial charge in [-0.3, -0.25) is 5.43 Å². The van der Waals surface area contributed by atoms with Crippen LogP contribution < -0.4 is 10.2 Å². The summed E-state index contributed by atoms with van der Waals surface area (Å²) in [5.41, 5.74) is 4.66. The molecular weight excluding hydrogens is 377 g/mol. The third-order valence-corrected chi connectivity index (χ3v) is 4.75. The number of fused-ring (bicyclic) bond motifs is 1. The smallest absolute Gasteiger partial charge is 0.204 e. The number of nitrogens with one attached hydrogen (secondary N) is 1. The van der Waals surface area contributed by atoms with E-state index in [-0.39, 0.29) is 0 Å². The Morgan fingerprint density at radius 2 is 1.96 bits per heavy atom. The molecular formula is C18H17Cl2N3OS. The van der Waals surface area contributed by atoms with Crippen molar-refractivity contribution in [2.75, 3.05) is 12.0 Å². The van der Waals surface area contributed by atoms with Crippen molar-refractivity contribution in [2.45, 2.75) is 13.8 Å². The molecule has 0 unspecified atom stereocenters. The molecule has 1 N–H and O–H groups in total. The Balaban J connectivity index is 1.70. The summed E-state index contributed by atoms with van der Waals surface area (Å²) in [4.78, 5) is 4.46. The first-order valence-electron chi connectivity index (χ1n) is 7.79. The van der Waals surface area contributed by atoms with E-state index in [1.54, 1.807) is 29.7 Å². The predicted molar refractivity (Wildman–Crippen MR) is 108 cm³/mol. The molecule has 7 heteroatoms. The van der Waals surface area contributed by atoms with E-state index >= 15 is 0 Å². The van der Waals surface area contributed by atoms with Gasteiger partial charge in [-0.05, 0) is 35.7 Å². The fourth-order valence-corrected chi connectivity index (χ4v) is 3.55. The van der Waals surface area contributed by atoms with Crippen LogP contribution in [0.5, 0.6) is 5.75 Å². The Morgan fingerprint density at radius 1 is 1.24 bits per heavy atom. The van der Waals surface area contributed by atoms with Gasteiger partial charge in [0.25, 0.3) is 0 Å². The number of aromatic nitrogens is 1. The van der Waals surface area contributed by atoms with Crippen LogP contribution in [0.15, 0.2) is 41.5 Å². The molecule has 2 aromatic carbocycles. The highest BCUT2D eigenvalue weighted by atomic mass is 35.5. The molecule has 0 saturated heterocycles. The van der Waals surface area contributed by atoms with Gasteiger partial charge in [0.05, 0.1) is 33.1 Å². The van der Waals surface area contributed by atoms with Gasteiger partial charge in [0.2, 0.25) is 5.13 Å². The maximum atomic E-state index is 6.27.